The molecule has 2 aliphatic rings. The molecule has 0 aromatic rings. The van der Waals surface area contributed by atoms with Crippen molar-refractivity contribution < 1.29 is 9.90 Å². The van der Waals surface area contributed by atoms with E-state index in [0.717, 1.165) is 17.4 Å². The highest BCUT2D eigenvalue weighted by atomic mass is 32.2. The molecule has 0 saturated heterocycles. The monoisotopic (exact) mass is 185 g/mol. The molecular formula is C8H11NO2S. The number of nitrogens with zero attached hydrogens (tertiary/aromatic N) is 1. The van der Waals surface area contributed by atoms with Gasteiger partial charge in [0.1, 0.15) is 0 Å². The zero-order valence-electron chi connectivity index (χ0n) is 6.69. The molecule has 2 rings (SSSR count). The van der Waals surface area contributed by atoms with Gasteiger partial charge in [0.2, 0.25) is 0 Å². The lowest BCUT2D eigenvalue weighted by Crippen LogP contribution is -2.17. The predicted octanol–water partition coefficient (Wildman–Crippen LogP) is 1.39. The van der Waals surface area contributed by atoms with Gasteiger partial charge in [-0.2, -0.15) is 0 Å². The minimum Gasteiger partial charge on any atom is -0.480 e. The van der Waals surface area contributed by atoms with Crippen LogP contribution in [0.5, 0.6) is 0 Å². The molecule has 0 amide bonds. The normalized spacial score (nSPS) is 28.7. The molecule has 1 heterocycles. The van der Waals surface area contributed by atoms with Gasteiger partial charge in [0.05, 0.1) is 5.04 Å². The molecule has 12 heavy (non-hydrogen) atoms. The number of carboxylic acid groups (broad SMARTS) is 1. The van der Waals surface area contributed by atoms with Crippen LogP contribution < -0.4 is 0 Å². The number of carbonyl (C=O) groups is 1. The topological polar surface area (TPSA) is 49.7 Å². The van der Waals surface area contributed by atoms with Crippen LogP contribution in [0.3, 0.4) is 0 Å². The molecule has 1 N–H and O–H groups in total. The molecule has 1 aliphatic heterocycles. The van der Waals surface area contributed by atoms with Crippen molar-refractivity contribution in [1.29, 1.82) is 0 Å². The number of hydrogen-bond donors (Lipinski definition) is 1. The van der Waals surface area contributed by atoms with Crippen molar-refractivity contribution in [1.82, 2.24) is 0 Å². The Labute approximate surface area is 75.3 Å². The van der Waals surface area contributed by atoms with Gasteiger partial charge in [0.15, 0.2) is 6.04 Å². The maximum atomic E-state index is 10.5. The van der Waals surface area contributed by atoms with Crippen LogP contribution in [0.2, 0.25) is 0 Å². The fraction of sp³-hybridized carbons (Fsp3) is 0.750. The number of hydrogen-bond acceptors (Lipinski definition) is 3. The average molecular weight is 185 g/mol. The molecule has 0 bridgehead atoms. The van der Waals surface area contributed by atoms with Crippen molar-refractivity contribution in [3.05, 3.63) is 0 Å². The Morgan fingerprint density at radius 3 is 2.92 bits per heavy atom. The highest BCUT2D eigenvalue weighted by molar-refractivity contribution is 8.14. The Kier molecular flexibility index (Phi) is 2.09. The molecule has 1 unspecified atom stereocenters. The zero-order valence-corrected chi connectivity index (χ0v) is 7.51. The first-order valence-electron chi connectivity index (χ1n) is 4.18. The lowest BCUT2D eigenvalue weighted by atomic mass is 10.3. The number of rotatable bonds is 3. The fourth-order valence-electron chi connectivity index (χ4n) is 1.23. The minimum absolute atomic E-state index is 0.469. The lowest BCUT2D eigenvalue weighted by Gasteiger charge is -1.94. The predicted molar refractivity (Wildman–Crippen MR) is 48.7 cm³/mol. The molecule has 4 heteroatoms. The van der Waals surface area contributed by atoms with Crippen LogP contribution in [0.4, 0.5) is 0 Å². The minimum atomic E-state index is -0.784. The molecule has 0 aromatic carbocycles. The highest BCUT2D eigenvalue weighted by Gasteiger charge is 2.29. The van der Waals surface area contributed by atoms with Gasteiger partial charge in [-0.3, -0.25) is 4.99 Å². The van der Waals surface area contributed by atoms with Gasteiger partial charge in [-0.25, -0.2) is 4.79 Å². The van der Waals surface area contributed by atoms with Crippen LogP contribution in [0.25, 0.3) is 0 Å². The SMILES string of the molecule is O=C(O)C1CSC(CC2CC2)=N1. The summed E-state index contributed by atoms with van der Waals surface area (Å²) in [6.07, 6.45) is 3.63. The Balaban J connectivity index is 1.90. The first-order valence-corrected chi connectivity index (χ1v) is 5.16. The fourth-order valence-corrected chi connectivity index (χ4v) is 2.35. The Hall–Kier alpha value is -0.510. The van der Waals surface area contributed by atoms with Gasteiger partial charge >= 0.3 is 5.97 Å². The van der Waals surface area contributed by atoms with E-state index in [1.165, 1.54) is 12.8 Å². The van der Waals surface area contributed by atoms with Crippen LogP contribution in [0, 0.1) is 5.92 Å². The van der Waals surface area contributed by atoms with E-state index in [9.17, 15) is 4.79 Å². The number of carboxylic acids is 1. The van der Waals surface area contributed by atoms with Crippen molar-refractivity contribution in [2.24, 2.45) is 10.9 Å². The van der Waals surface area contributed by atoms with Gasteiger partial charge < -0.3 is 5.11 Å². The summed E-state index contributed by atoms with van der Waals surface area (Å²) < 4.78 is 0. The van der Waals surface area contributed by atoms with Crippen molar-refractivity contribution in [2.45, 2.75) is 25.3 Å². The second-order valence-corrected chi connectivity index (χ2v) is 4.43. The summed E-state index contributed by atoms with van der Waals surface area (Å²) in [5.74, 6) is 0.661. The summed E-state index contributed by atoms with van der Waals surface area (Å²) in [5.41, 5.74) is 0. The van der Waals surface area contributed by atoms with Gasteiger partial charge in [-0.15, -0.1) is 11.8 Å². The van der Waals surface area contributed by atoms with Crippen molar-refractivity contribution in [3.63, 3.8) is 0 Å². The molecule has 0 spiro atoms. The summed E-state index contributed by atoms with van der Waals surface area (Å²) in [7, 11) is 0. The molecule has 1 aliphatic carbocycles. The lowest BCUT2D eigenvalue weighted by molar-refractivity contribution is -0.137. The summed E-state index contributed by atoms with van der Waals surface area (Å²) in [6, 6.07) is -0.469. The highest BCUT2D eigenvalue weighted by Crippen LogP contribution is 2.36. The quantitative estimate of drug-likeness (QED) is 0.722. The third kappa shape index (κ3) is 1.80. The van der Waals surface area contributed by atoms with Crippen molar-refractivity contribution >= 4 is 22.8 Å². The average Bonchev–Trinajstić information content (AvgIpc) is 2.66. The number of thioether (sulfide) groups is 1. The first kappa shape index (κ1) is 8.10. The first-order chi connectivity index (χ1) is 5.75. The second kappa shape index (κ2) is 3.09. The maximum Gasteiger partial charge on any atom is 0.329 e. The molecule has 1 saturated carbocycles. The summed E-state index contributed by atoms with van der Waals surface area (Å²) in [5, 5.41) is 9.72. The van der Waals surface area contributed by atoms with Crippen molar-refractivity contribution in [2.75, 3.05) is 5.75 Å². The van der Waals surface area contributed by atoms with Crippen LogP contribution in [-0.4, -0.2) is 27.9 Å². The molecule has 66 valence electrons. The van der Waals surface area contributed by atoms with E-state index in [-0.39, 0.29) is 0 Å². The molecule has 1 fully saturated rings. The van der Waals surface area contributed by atoms with Crippen LogP contribution >= 0.6 is 11.8 Å². The van der Waals surface area contributed by atoms with E-state index in [1.54, 1.807) is 11.8 Å². The van der Waals surface area contributed by atoms with Crippen LogP contribution in [-0.2, 0) is 4.79 Å². The van der Waals surface area contributed by atoms with E-state index >= 15 is 0 Å². The Bertz CT molecular complexity index is 235. The van der Waals surface area contributed by atoms with Crippen LogP contribution in [0.1, 0.15) is 19.3 Å². The smallest absolute Gasteiger partial charge is 0.329 e. The van der Waals surface area contributed by atoms with Gasteiger partial charge in [0, 0.05) is 5.75 Å². The van der Waals surface area contributed by atoms with E-state index in [1.807, 2.05) is 0 Å². The molecule has 1 atom stereocenters. The Morgan fingerprint density at radius 1 is 1.67 bits per heavy atom. The largest absolute Gasteiger partial charge is 0.480 e. The van der Waals surface area contributed by atoms with Gasteiger partial charge in [-0.1, -0.05) is 0 Å². The van der Waals surface area contributed by atoms with E-state index in [0.29, 0.717) is 5.75 Å². The number of aliphatic imine (C=N–C) groups is 1. The number of aliphatic carboxylic acids is 1. The Morgan fingerprint density at radius 2 is 2.42 bits per heavy atom. The summed E-state index contributed by atoms with van der Waals surface area (Å²) >= 11 is 1.62. The third-order valence-electron chi connectivity index (χ3n) is 2.15. The molecule has 0 aromatic heterocycles. The summed E-state index contributed by atoms with van der Waals surface area (Å²) in [6.45, 7) is 0. The van der Waals surface area contributed by atoms with E-state index in [2.05, 4.69) is 4.99 Å². The van der Waals surface area contributed by atoms with E-state index in [4.69, 9.17) is 5.11 Å². The van der Waals surface area contributed by atoms with Gasteiger partial charge in [0.25, 0.3) is 0 Å². The molecule has 3 nitrogen and oxygen atoms in total. The summed E-state index contributed by atoms with van der Waals surface area (Å²) in [4.78, 5) is 14.7. The molecule has 0 radical (unpaired) electrons. The van der Waals surface area contributed by atoms with Gasteiger partial charge in [-0.05, 0) is 25.2 Å². The van der Waals surface area contributed by atoms with E-state index < -0.39 is 12.0 Å². The molecular weight excluding hydrogens is 174 g/mol. The third-order valence-corrected chi connectivity index (χ3v) is 3.24. The van der Waals surface area contributed by atoms with Crippen LogP contribution in [0.15, 0.2) is 4.99 Å². The standard InChI is InChI=1S/C8H11NO2S/c10-8(11)6-4-12-7(9-6)3-5-1-2-5/h5-6H,1-4H2,(H,10,11). The van der Waals surface area contributed by atoms with Crippen molar-refractivity contribution in [3.8, 4) is 0 Å². The zero-order chi connectivity index (χ0) is 8.55. The second-order valence-electron chi connectivity index (χ2n) is 3.34. The maximum absolute atomic E-state index is 10.5.